The van der Waals surface area contributed by atoms with Crippen molar-refractivity contribution in [3.63, 3.8) is 0 Å². The molecule has 5 N–H and O–H groups in total. The first kappa shape index (κ1) is 24.9. The summed E-state index contributed by atoms with van der Waals surface area (Å²) in [4.78, 5) is 36.4. The van der Waals surface area contributed by atoms with Gasteiger partial charge in [0.1, 0.15) is 6.10 Å². The fourth-order valence-electron chi connectivity index (χ4n) is 0. The van der Waals surface area contributed by atoms with Gasteiger partial charge in [-0.05, 0) is 6.92 Å². The van der Waals surface area contributed by atoms with Gasteiger partial charge >= 0.3 is 5.97 Å². The molecule has 0 aliphatic carbocycles. The van der Waals surface area contributed by atoms with Crippen LogP contribution < -0.4 is 0 Å². The smallest absolute Gasteiger partial charge is 0.332 e. The van der Waals surface area contributed by atoms with Crippen LogP contribution in [0.4, 0.5) is 0 Å². The normalized spacial score (nSPS) is 8.72. The molecule has 9 nitrogen and oxygen atoms in total. The zero-order valence-electron chi connectivity index (χ0n) is 10.4. The number of rotatable bonds is 1. The monoisotopic (exact) mass is 270 g/mol. The molecule has 0 fully saturated rings. The van der Waals surface area contributed by atoms with Crippen molar-refractivity contribution in [1.82, 2.24) is 0 Å². The highest BCUT2D eigenvalue weighted by atomic mass is 16.4. The second kappa shape index (κ2) is 17.2. The molecular formula is C9H18O9. The standard InChI is InChI=1S/C3H6O3.3C2H4O2/c1-2(4)3(5)6;3*1-2(3)4/h2,4H,1H3,(H,5,6);3*1H3,(H,3,4). The molecular weight excluding hydrogens is 252 g/mol. The van der Waals surface area contributed by atoms with Gasteiger partial charge in [-0.3, -0.25) is 14.4 Å². The van der Waals surface area contributed by atoms with E-state index in [9.17, 15) is 4.79 Å². The molecule has 0 aromatic carbocycles. The van der Waals surface area contributed by atoms with Gasteiger partial charge in [-0.25, -0.2) is 4.79 Å². The first-order valence-electron chi connectivity index (χ1n) is 4.34. The highest BCUT2D eigenvalue weighted by Gasteiger charge is 2.01. The van der Waals surface area contributed by atoms with E-state index in [0.29, 0.717) is 0 Å². The molecule has 0 aliphatic heterocycles. The number of aliphatic hydroxyl groups excluding tert-OH is 1. The van der Waals surface area contributed by atoms with Crippen LogP contribution in [-0.2, 0) is 19.2 Å². The SMILES string of the molecule is CC(=O)O.CC(=O)O.CC(=O)O.CC(O)C(=O)O. The van der Waals surface area contributed by atoms with Crippen molar-refractivity contribution in [3.05, 3.63) is 0 Å². The molecule has 9 heteroatoms. The largest absolute Gasteiger partial charge is 0.481 e. The molecule has 0 spiro atoms. The van der Waals surface area contributed by atoms with Crippen LogP contribution >= 0.6 is 0 Å². The number of carboxylic acids is 4. The third kappa shape index (κ3) is 674. The maximum Gasteiger partial charge on any atom is 0.332 e. The van der Waals surface area contributed by atoms with E-state index in [-0.39, 0.29) is 0 Å². The van der Waals surface area contributed by atoms with Gasteiger partial charge in [0.15, 0.2) is 0 Å². The number of carbonyl (C=O) groups is 4. The number of aliphatic carboxylic acids is 4. The van der Waals surface area contributed by atoms with Gasteiger partial charge in [-0.2, -0.15) is 0 Å². The molecule has 0 aliphatic rings. The molecule has 0 radical (unpaired) electrons. The molecule has 1 atom stereocenters. The summed E-state index contributed by atoms with van der Waals surface area (Å²) >= 11 is 0. The Balaban J connectivity index is -0.0000000742. The maximum absolute atomic E-state index is 9.45. The van der Waals surface area contributed by atoms with Crippen molar-refractivity contribution in [1.29, 1.82) is 0 Å². The number of hydrogen-bond donors (Lipinski definition) is 5. The first-order chi connectivity index (χ1) is 7.84. The molecule has 1 unspecified atom stereocenters. The summed E-state index contributed by atoms with van der Waals surface area (Å²) in [6.07, 6.45) is -1.23. The van der Waals surface area contributed by atoms with E-state index in [1.807, 2.05) is 0 Å². The van der Waals surface area contributed by atoms with Gasteiger partial charge in [-0.15, -0.1) is 0 Å². The highest BCUT2D eigenvalue weighted by molar-refractivity contribution is 5.71. The van der Waals surface area contributed by atoms with E-state index in [0.717, 1.165) is 20.8 Å². The van der Waals surface area contributed by atoms with E-state index >= 15 is 0 Å². The molecule has 108 valence electrons. The van der Waals surface area contributed by atoms with Gasteiger partial charge in [0.2, 0.25) is 0 Å². The minimum absolute atomic E-state index is 0.833. The quantitative estimate of drug-likeness (QED) is 0.430. The Morgan fingerprint density at radius 3 is 0.778 bits per heavy atom. The Bertz CT molecular complexity index is 216. The molecule has 0 aromatic heterocycles. The van der Waals surface area contributed by atoms with Crippen LogP contribution in [0.3, 0.4) is 0 Å². The average molecular weight is 270 g/mol. The Kier molecular flexibility index (Phi) is 23.8. The van der Waals surface area contributed by atoms with E-state index in [1.54, 1.807) is 0 Å². The van der Waals surface area contributed by atoms with Crippen molar-refractivity contribution in [2.45, 2.75) is 33.8 Å². The van der Waals surface area contributed by atoms with Crippen molar-refractivity contribution in [2.24, 2.45) is 0 Å². The van der Waals surface area contributed by atoms with Gasteiger partial charge in [0.05, 0.1) is 0 Å². The minimum Gasteiger partial charge on any atom is -0.481 e. The number of aliphatic hydroxyl groups is 1. The molecule has 0 saturated heterocycles. The maximum atomic E-state index is 9.45. The Labute approximate surface area is 103 Å². The minimum atomic E-state index is -1.23. The fraction of sp³-hybridized carbons (Fsp3) is 0.556. The Morgan fingerprint density at radius 2 is 0.778 bits per heavy atom. The summed E-state index contributed by atoms with van der Waals surface area (Å²) in [7, 11) is 0. The molecule has 0 amide bonds. The molecule has 0 bridgehead atoms. The van der Waals surface area contributed by atoms with Crippen LogP contribution in [0.25, 0.3) is 0 Å². The van der Waals surface area contributed by atoms with Crippen LogP contribution in [0.1, 0.15) is 27.7 Å². The van der Waals surface area contributed by atoms with Crippen LogP contribution in [0, 0.1) is 0 Å². The van der Waals surface area contributed by atoms with E-state index in [4.69, 9.17) is 39.9 Å². The van der Waals surface area contributed by atoms with Crippen LogP contribution in [0.15, 0.2) is 0 Å². The average Bonchev–Trinajstić information content (AvgIpc) is 1.99. The topological polar surface area (TPSA) is 169 Å². The van der Waals surface area contributed by atoms with Crippen LogP contribution in [0.5, 0.6) is 0 Å². The fourth-order valence-corrected chi connectivity index (χ4v) is 0. The lowest BCUT2D eigenvalue weighted by molar-refractivity contribution is -0.145. The van der Waals surface area contributed by atoms with Crippen molar-refractivity contribution in [2.75, 3.05) is 0 Å². The summed E-state index contributed by atoms with van der Waals surface area (Å²) < 4.78 is 0. The van der Waals surface area contributed by atoms with Gasteiger partial charge < -0.3 is 25.5 Å². The highest BCUT2D eigenvalue weighted by Crippen LogP contribution is 1.73. The second-order valence-corrected chi connectivity index (χ2v) is 2.57. The van der Waals surface area contributed by atoms with E-state index in [1.165, 1.54) is 6.92 Å². The Hall–Kier alpha value is -2.16. The van der Waals surface area contributed by atoms with Crippen molar-refractivity contribution in [3.8, 4) is 0 Å². The van der Waals surface area contributed by atoms with Gasteiger partial charge in [-0.1, -0.05) is 0 Å². The predicted octanol–water partition coefficient (Wildman–Crippen LogP) is -0.275. The van der Waals surface area contributed by atoms with Crippen molar-refractivity contribution < 1.29 is 44.7 Å². The number of carboxylic acid groups (broad SMARTS) is 4. The summed E-state index contributed by atoms with van der Waals surface area (Å²) in [5.74, 6) is -3.69. The zero-order valence-corrected chi connectivity index (χ0v) is 10.4. The summed E-state index contributed by atoms with van der Waals surface area (Å²) in [6.45, 7) is 4.45. The predicted molar refractivity (Wildman–Crippen MR) is 59.2 cm³/mol. The third-order valence-corrected chi connectivity index (χ3v) is 0.357. The van der Waals surface area contributed by atoms with Gasteiger partial charge in [0, 0.05) is 20.8 Å². The number of hydrogen-bond acceptors (Lipinski definition) is 5. The second-order valence-electron chi connectivity index (χ2n) is 2.57. The van der Waals surface area contributed by atoms with Crippen LogP contribution in [0.2, 0.25) is 0 Å². The molecule has 0 aromatic rings. The summed E-state index contributed by atoms with van der Waals surface area (Å²) in [5.41, 5.74) is 0. The lowest BCUT2D eigenvalue weighted by Crippen LogP contribution is -2.13. The van der Waals surface area contributed by atoms with E-state index < -0.39 is 30.0 Å². The lowest BCUT2D eigenvalue weighted by Gasteiger charge is -1.89. The first-order valence-corrected chi connectivity index (χ1v) is 4.34. The molecule has 0 rings (SSSR count). The van der Waals surface area contributed by atoms with E-state index in [2.05, 4.69) is 0 Å². The van der Waals surface area contributed by atoms with Gasteiger partial charge in [0.25, 0.3) is 17.9 Å². The lowest BCUT2D eigenvalue weighted by atomic mass is 10.4. The molecule has 0 saturated carbocycles. The molecule has 0 heterocycles. The zero-order chi connectivity index (χ0) is 15.9. The molecule has 18 heavy (non-hydrogen) atoms. The Morgan fingerprint density at radius 1 is 0.722 bits per heavy atom. The third-order valence-electron chi connectivity index (χ3n) is 0.357. The summed E-state index contributed by atoms with van der Waals surface area (Å²) in [5, 5.41) is 38.0. The summed E-state index contributed by atoms with van der Waals surface area (Å²) in [6, 6.07) is 0. The van der Waals surface area contributed by atoms with Crippen LogP contribution in [-0.4, -0.2) is 55.5 Å². The van der Waals surface area contributed by atoms with Crippen molar-refractivity contribution >= 4 is 23.9 Å².